The monoisotopic (exact) mass is 884 g/mol. The Labute approximate surface area is 366 Å². The predicted octanol–water partition coefficient (Wildman–Crippen LogP) is 9.20. The summed E-state index contributed by atoms with van der Waals surface area (Å²) in [4.78, 5) is 78.6. The number of nitrogens with one attached hydrogen (secondary N) is 4. The first-order valence-corrected chi connectivity index (χ1v) is 23.2. The van der Waals surface area contributed by atoms with Gasteiger partial charge in [-0.15, -0.1) is 34.0 Å². The summed E-state index contributed by atoms with van der Waals surface area (Å²) in [6.07, 6.45) is 0.341. The smallest absolute Gasteiger partial charge is 0.407 e. The van der Waals surface area contributed by atoms with Crippen LogP contribution in [0.25, 0.3) is 51.3 Å². The molecule has 0 unspecified atom stereocenters. The number of hydrogen-bond acceptors (Lipinski definition) is 11. The van der Waals surface area contributed by atoms with E-state index in [0.717, 1.165) is 75.8 Å². The lowest BCUT2D eigenvalue weighted by atomic mass is 10.0. The lowest BCUT2D eigenvalue weighted by molar-refractivity contribution is -0.136. The Kier molecular flexibility index (Phi) is 12.0. The van der Waals surface area contributed by atoms with Crippen LogP contribution in [-0.4, -0.2) is 93.1 Å². The fourth-order valence-electron chi connectivity index (χ4n) is 8.52. The molecule has 2 fully saturated rings. The quantitative estimate of drug-likeness (QED) is 0.0997. The van der Waals surface area contributed by atoms with Crippen molar-refractivity contribution < 1.29 is 28.7 Å². The van der Waals surface area contributed by atoms with E-state index in [9.17, 15) is 19.2 Å². The molecule has 2 aliphatic rings. The van der Waals surface area contributed by atoms with Gasteiger partial charge in [-0.25, -0.2) is 19.6 Å². The molecule has 2 aliphatic heterocycles. The number of likely N-dealkylation sites (tertiary alicyclic amines) is 2. The van der Waals surface area contributed by atoms with Gasteiger partial charge < -0.3 is 39.9 Å². The van der Waals surface area contributed by atoms with E-state index in [1.54, 1.807) is 34.0 Å². The highest BCUT2D eigenvalue weighted by atomic mass is 32.1. The van der Waals surface area contributed by atoms with Crippen LogP contribution >= 0.6 is 34.0 Å². The van der Waals surface area contributed by atoms with Crippen molar-refractivity contribution in [1.29, 1.82) is 0 Å². The number of H-pyrrole nitrogens is 2. The van der Waals surface area contributed by atoms with Gasteiger partial charge in [0.15, 0.2) is 0 Å². The van der Waals surface area contributed by atoms with Gasteiger partial charge in [-0.3, -0.25) is 9.59 Å². The van der Waals surface area contributed by atoms with Crippen molar-refractivity contribution in [3.63, 3.8) is 0 Å². The summed E-state index contributed by atoms with van der Waals surface area (Å²) in [7, 11) is 2.60. The molecule has 0 aliphatic carbocycles. The standard InChI is InChI=1S/C44H52N8O6S3/c1-21(2)35(47-43(55)57-7)41(53)51-19-23(5)15-29(51)37-45-27-17-33(60-39(27)49-37)26-11-9-25(10-12-26)31-13-14-32(59-31)34-18-28-40(61-34)50-38(46-28)30-16-24(6)20-52(30)42(54)36(22(3)4)48-44(56)58-8/h9-14,17-18,21-24,29-30,35-36H,15-16,19-20H2,1-8H3,(H,45,49)(H,46,50)(H,47,55)(H,48,56)/t23-,24-,29-,30-,35-,36-/m0/s1. The maximum absolute atomic E-state index is 13.7. The zero-order chi connectivity index (χ0) is 43.3. The lowest BCUT2D eigenvalue weighted by Crippen LogP contribution is -2.51. The molecule has 4 N–H and O–H groups in total. The number of thiophene rings is 3. The molecular weight excluding hydrogens is 833 g/mol. The topological polar surface area (TPSA) is 175 Å². The molecule has 2 saturated heterocycles. The number of imidazole rings is 2. The number of aromatic nitrogens is 4. The average molecular weight is 885 g/mol. The van der Waals surface area contributed by atoms with E-state index in [2.05, 4.69) is 83.0 Å². The molecule has 0 bridgehead atoms. The van der Waals surface area contributed by atoms with Gasteiger partial charge in [0.2, 0.25) is 11.8 Å². The minimum Gasteiger partial charge on any atom is -0.453 e. The Balaban J connectivity index is 0.941. The normalized spacial score (nSPS) is 20.2. The second kappa shape index (κ2) is 17.2. The van der Waals surface area contributed by atoms with Crippen molar-refractivity contribution in [3.05, 3.63) is 60.2 Å². The third-order valence-corrected chi connectivity index (χ3v) is 15.1. The molecule has 0 spiro atoms. The van der Waals surface area contributed by atoms with Crippen molar-refractivity contribution in [1.82, 2.24) is 40.4 Å². The summed E-state index contributed by atoms with van der Waals surface area (Å²) < 4.78 is 9.58. The van der Waals surface area contributed by atoms with E-state index in [-0.39, 0.29) is 35.7 Å². The third-order valence-electron chi connectivity index (χ3n) is 11.7. The van der Waals surface area contributed by atoms with Crippen LogP contribution in [0.2, 0.25) is 0 Å². The molecule has 8 rings (SSSR count). The van der Waals surface area contributed by atoms with Crippen LogP contribution in [0.5, 0.6) is 0 Å². The SMILES string of the molecule is COC(=O)N[C@H](C(=O)N1C[C@@H](C)C[C@H]1c1nc2sc(-c3ccc(-c4ccc(-c5cc6[nH]c([C@@H]7C[C@H](C)CN7C(=O)[C@@H](NC(=O)OC)C(C)C)nc6s5)s4)cc3)cc2[nH]1)C(C)C. The largest absolute Gasteiger partial charge is 0.453 e. The van der Waals surface area contributed by atoms with Crippen LogP contribution < -0.4 is 10.6 Å². The number of benzene rings is 1. The van der Waals surface area contributed by atoms with Crippen LogP contribution in [0.15, 0.2) is 48.5 Å². The van der Waals surface area contributed by atoms with E-state index in [1.165, 1.54) is 14.2 Å². The predicted molar refractivity (Wildman–Crippen MR) is 240 cm³/mol. The van der Waals surface area contributed by atoms with Crippen LogP contribution in [0.4, 0.5) is 9.59 Å². The second-order valence-corrected chi connectivity index (χ2v) is 20.2. The number of nitrogens with zero attached hydrogens (tertiary/aromatic N) is 4. The van der Waals surface area contributed by atoms with Gasteiger partial charge in [-0.05, 0) is 71.9 Å². The van der Waals surface area contributed by atoms with Crippen LogP contribution in [0, 0.1) is 23.7 Å². The first-order valence-electron chi connectivity index (χ1n) is 20.7. The number of ether oxygens (including phenoxy) is 2. The van der Waals surface area contributed by atoms with Crippen LogP contribution in [0.3, 0.4) is 0 Å². The summed E-state index contributed by atoms with van der Waals surface area (Å²) in [5, 5.41) is 5.45. The van der Waals surface area contributed by atoms with Gasteiger partial charge in [0.1, 0.15) is 33.4 Å². The van der Waals surface area contributed by atoms with Gasteiger partial charge in [0.25, 0.3) is 0 Å². The van der Waals surface area contributed by atoms with E-state index < -0.39 is 24.3 Å². The van der Waals surface area contributed by atoms with Gasteiger partial charge in [-0.2, -0.15) is 0 Å². The van der Waals surface area contributed by atoms with E-state index >= 15 is 0 Å². The Hall–Kier alpha value is -5.26. The highest BCUT2D eigenvalue weighted by molar-refractivity contribution is 7.26. The van der Waals surface area contributed by atoms with Crippen molar-refractivity contribution in [3.8, 4) is 30.6 Å². The third kappa shape index (κ3) is 8.51. The first kappa shape index (κ1) is 42.4. The fraction of sp³-hybridized carbons (Fsp3) is 0.455. The van der Waals surface area contributed by atoms with Gasteiger partial charge in [-0.1, -0.05) is 65.8 Å². The molecular formula is C44H52N8O6S3. The van der Waals surface area contributed by atoms with Crippen LogP contribution in [0.1, 0.15) is 78.1 Å². The molecule has 5 aromatic heterocycles. The van der Waals surface area contributed by atoms with Crippen molar-refractivity contribution in [2.75, 3.05) is 27.3 Å². The molecule has 7 heterocycles. The van der Waals surface area contributed by atoms with Crippen LogP contribution in [-0.2, 0) is 19.1 Å². The number of methoxy groups -OCH3 is 2. The fourth-order valence-corrected chi connectivity index (χ4v) is 11.6. The van der Waals surface area contributed by atoms with E-state index in [4.69, 9.17) is 19.4 Å². The molecule has 14 nitrogen and oxygen atoms in total. The van der Waals surface area contributed by atoms with Gasteiger partial charge in [0.05, 0.1) is 37.3 Å². The van der Waals surface area contributed by atoms with Crippen molar-refractivity contribution in [2.24, 2.45) is 23.7 Å². The summed E-state index contributed by atoms with van der Waals surface area (Å²) in [6.45, 7) is 13.1. The number of hydrogen-bond donors (Lipinski definition) is 4. The lowest BCUT2D eigenvalue weighted by Gasteiger charge is -2.30. The van der Waals surface area contributed by atoms with E-state index in [1.807, 2.05) is 37.5 Å². The van der Waals surface area contributed by atoms with Gasteiger partial charge in [0, 0.05) is 32.6 Å². The number of alkyl carbamates (subject to hydrolysis) is 2. The Morgan fingerprint density at radius 1 is 0.639 bits per heavy atom. The molecule has 0 radical (unpaired) electrons. The van der Waals surface area contributed by atoms with Crippen molar-refractivity contribution in [2.45, 2.75) is 78.6 Å². The molecule has 322 valence electrons. The number of aromatic amines is 2. The highest BCUT2D eigenvalue weighted by Gasteiger charge is 2.42. The second-order valence-electron chi connectivity index (χ2n) is 17.1. The van der Waals surface area contributed by atoms with Crippen molar-refractivity contribution >= 4 is 78.7 Å². The number of rotatable bonds is 11. The molecule has 6 aromatic rings. The summed E-state index contributed by atoms with van der Waals surface area (Å²) in [5.74, 6) is 1.66. The average Bonchev–Trinajstić information content (AvgIpc) is 4.09. The molecule has 61 heavy (non-hydrogen) atoms. The highest BCUT2D eigenvalue weighted by Crippen LogP contribution is 2.43. The molecule has 4 amide bonds. The maximum Gasteiger partial charge on any atom is 0.407 e. The van der Waals surface area contributed by atoms with E-state index in [0.29, 0.717) is 24.9 Å². The molecule has 6 atom stereocenters. The minimum atomic E-state index is -0.689. The molecule has 0 saturated carbocycles. The molecule has 17 heteroatoms. The number of fused-ring (bicyclic) bond motifs is 2. The maximum atomic E-state index is 13.7. The first-order chi connectivity index (χ1) is 29.2. The zero-order valence-electron chi connectivity index (χ0n) is 35.5. The number of carbonyl (C=O) groups excluding carboxylic acids is 4. The summed E-state index contributed by atoms with van der Waals surface area (Å²) in [5.41, 5.74) is 4.11. The van der Waals surface area contributed by atoms with Gasteiger partial charge >= 0.3 is 12.2 Å². The zero-order valence-corrected chi connectivity index (χ0v) is 38.0. The Bertz CT molecular complexity index is 2510. The summed E-state index contributed by atoms with van der Waals surface area (Å²) >= 11 is 4.99. The number of carbonyl (C=O) groups is 4. The summed E-state index contributed by atoms with van der Waals surface area (Å²) in [6, 6.07) is 15.4. The Morgan fingerprint density at radius 3 is 1.51 bits per heavy atom. The molecule has 1 aromatic carbocycles. The Morgan fingerprint density at radius 2 is 1.07 bits per heavy atom. The minimum absolute atomic E-state index is 0.105. The number of amides is 4.